The smallest absolute Gasteiger partial charge is 0.315 e. The zero-order valence-corrected chi connectivity index (χ0v) is 16.8. The van der Waals surface area contributed by atoms with E-state index in [1.54, 1.807) is 0 Å². The molecule has 0 atom stereocenters. The number of hydrogen-bond donors (Lipinski definition) is 1. The van der Waals surface area contributed by atoms with Gasteiger partial charge in [-0.2, -0.15) is 5.26 Å². The molecule has 140 valence electrons. The van der Waals surface area contributed by atoms with E-state index in [4.69, 9.17) is 4.74 Å². The number of nitrogens with zero attached hydrogens (tertiary/aromatic N) is 3. The van der Waals surface area contributed by atoms with Crippen molar-refractivity contribution in [1.82, 2.24) is 4.98 Å². The van der Waals surface area contributed by atoms with Gasteiger partial charge in [-0.3, -0.25) is 10.1 Å². The summed E-state index contributed by atoms with van der Waals surface area (Å²) < 4.78 is 5.90. The third-order valence-corrected chi connectivity index (χ3v) is 5.15. The number of phenols is 1. The minimum absolute atomic E-state index is 0.0493. The molecule has 0 saturated carbocycles. The van der Waals surface area contributed by atoms with Gasteiger partial charge in [0.25, 0.3) is 0 Å². The number of aromatic hydroxyl groups is 1. The number of allylic oxidation sites excluding steroid dienone is 1. The van der Waals surface area contributed by atoms with E-state index in [1.165, 1.54) is 36.7 Å². The van der Waals surface area contributed by atoms with Gasteiger partial charge in [0, 0.05) is 21.5 Å². The molecule has 0 fully saturated rings. The highest BCUT2D eigenvalue weighted by atomic mass is 79.9. The van der Waals surface area contributed by atoms with Crippen molar-refractivity contribution in [3.8, 4) is 28.8 Å². The minimum atomic E-state index is -0.712. The highest BCUT2D eigenvalue weighted by Gasteiger charge is 2.20. The van der Waals surface area contributed by atoms with E-state index in [0.717, 1.165) is 15.7 Å². The molecule has 1 aromatic heterocycles. The highest BCUT2D eigenvalue weighted by Crippen LogP contribution is 2.38. The van der Waals surface area contributed by atoms with Crippen molar-refractivity contribution in [2.45, 2.75) is 0 Å². The van der Waals surface area contributed by atoms with Crippen molar-refractivity contribution in [2.75, 3.05) is 7.11 Å². The molecule has 0 spiro atoms. The van der Waals surface area contributed by atoms with Gasteiger partial charge in [-0.05, 0) is 29.8 Å². The molecule has 28 heavy (non-hydrogen) atoms. The third kappa shape index (κ3) is 4.03. The van der Waals surface area contributed by atoms with E-state index in [1.807, 2.05) is 29.6 Å². The average molecular weight is 458 g/mol. The van der Waals surface area contributed by atoms with Crippen molar-refractivity contribution in [1.29, 1.82) is 5.26 Å². The van der Waals surface area contributed by atoms with Crippen LogP contribution in [0.15, 0.2) is 46.3 Å². The third-order valence-electron chi connectivity index (χ3n) is 3.78. The first-order chi connectivity index (χ1) is 13.4. The zero-order chi connectivity index (χ0) is 20.3. The van der Waals surface area contributed by atoms with E-state index < -0.39 is 16.4 Å². The van der Waals surface area contributed by atoms with Gasteiger partial charge in [0.05, 0.1) is 23.3 Å². The fourth-order valence-corrected chi connectivity index (χ4v) is 3.67. The molecule has 0 aliphatic rings. The van der Waals surface area contributed by atoms with Crippen LogP contribution in [-0.2, 0) is 0 Å². The summed E-state index contributed by atoms with van der Waals surface area (Å²) in [5.41, 5.74) is 1.70. The number of methoxy groups -OCH3 is 1. The van der Waals surface area contributed by atoms with Crippen LogP contribution in [-0.4, -0.2) is 22.1 Å². The second-order valence-electron chi connectivity index (χ2n) is 5.57. The number of nitro groups is 1. The Balaban J connectivity index is 2.03. The van der Waals surface area contributed by atoms with Crippen LogP contribution in [0, 0.1) is 21.4 Å². The van der Waals surface area contributed by atoms with E-state index in [2.05, 4.69) is 27.0 Å². The zero-order valence-electron chi connectivity index (χ0n) is 14.4. The lowest BCUT2D eigenvalue weighted by atomic mass is 10.1. The maximum atomic E-state index is 11.1. The Morgan fingerprint density at radius 1 is 1.43 bits per heavy atom. The van der Waals surface area contributed by atoms with Gasteiger partial charge in [0.1, 0.15) is 11.1 Å². The Labute approximate surface area is 172 Å². The number of thiazole rings is 1. The minimum Gasteiger partial charge on any atom is -0.500 e. The number of hydrogen-bond acceptors (Lipinski definition) is 7. The topological polar surface area (TPSA) is 109 Å². The Morgan fingerprint density at radius 3 is 2.86 bits per heavy atom. The van der Waals surface area contributed by atoms with E-state index in [-0.39, 0.29) is 11.3 Å². The van der Waals surface area contributed by atoms with Gasteiger partial charge in [0.15, 0.2) is 5.75 Å². The summed E-state index contributed by atoms with van der Waals surface area (Å²) >= 11 is 4.71. The monoisotopic (exact) mass is 457 g/mol. The second kappa shape index (κ2) is 8.21. The number of benzene rings is 2. The number of phenolic OH excluding ortho intramolecular Hbond substituents is 1. The Morgan fingerprint density at radius 2 is 2.21 bits per heavy atom. The Hall–Kier alpha value is -3.22. The van der Waals surface area contributed by atoms with Crippen molar-refractivity contribution in [3.05, 3.63) is 66.9 Å². The average Bonchev–Trinajstić information content (AvgIpc) is 3.16. The molecule has 1 heterocycles. The summed E-state index contributed by atoms with van der Waals surface area (Å²) in [6.45, 7) is 0. The van der Waals surface area contributed by atoms with Crippen LogP contribution in [0.3, 0.4) is 0 Å². The van der Waals surface area contributed by atoms with Gasteiger partial charge in [-0.25, -0.2) is 4.98 Å². The number of nitriles is 1. The molecule has 0 aliphatic carbocycles. The van der Waals surface area contributed by atoms with Crippen LogP contribution >= 0.6 is 27.3 Å². The molecule has 2 aromatic carbocycles. The lowest BCUT2D eigenvalue weighted by Gasteiger charge is -2.05. The number of halogens is 1. The van der Waals surface area contributed by atoms with Crippen molar-refractivity contribution in [2.24, 2.45) is 0 Å². The molecule has 0 unspecified atom stereocenters. The fourth-order valence-electron chi connectivity index (χ4n) is 2.48. The van der Waals surface area contributed by atoms with Crippen LogP contribution in [0.2, 0.25) is 0 Å². The van der Waals surface area contributed by atoms with Crippen molar-refractivity contribution < 1.29 is 14.8 Å². The lowest BCUT2D eigenvalue weighted by molar-refractivity contribution is -0.386. The molecule has 0 radical (unpaired) electrons. The van der Waals surface area contributed by atoms with Crippen LogP contribution in [0.25, 0.3) is 22.9 Å². The number of aromatic nitrogens is 1. The van der Waals surface area contributed by atoms with E-state index >= 15 is 0 Å². The summed E-state index contributed by atoms with van der Waals surface area (Å²) in [5, 5.41) is 32.9. The van der Waals surface area contributed by atoms with Gasteiger partial charge in [0.2, 0.25) is 5.75 Å². The first-order valence-corrected chi connectivity index (χ1v) is 9.49. The van der Waals surface area contributed by atoms with Gasteiger partial charge in [-0.1, -0.05) is 28.1 Å². The van der Waals surface area contributed by atoms with Crippen LogP contribution in [0.5, 0.6) is 11.5 Å². The molecule has 0 saturated heterocycles. The standard InChI is InChI=1S/C19H12BrN3O4S/c1-27-17-7-11(6-16(18(17)24)23(25)26)5-13(9-21)19-22-15(10-28-19)12-3-2-4-14(20)8-12/h2-8,10,24H,1H3/b13-5+. The molecule has 1 N–H and O–H groups in total. The summed E-state index contributed by atoms with van der Waals surface area (Å²) in [5.74, 6) is -0.610. The fraction of sp³-hybridized carbons (Fsp3) is 0.0526. The molecular weight excluding hydrogens is 446 g/mol. The van der Waals surface area contributed by atoms with Gasteiger partial charge in [-0.15, -0.1) is 11.3 Å². The Bertz CT molecular complexity index is 1130. The van der Waals surface area contributed by atoms with Crippen molar-refractivity contribution >= 4 is 44.6 Å². The van der Waals surface area contributed by atoms with Crippen LogP contribution in [0.4, 0.5) is 5.69 Å². The first kappa shape index (κ1) is 19.5. The molecule has 7 nitrogen and oxygen atoms in total. The summed E-state index contributed by atoms with van der Waals surface area (Å²) in [6.07, 6.45) is 1.47. The van der Waals surface area contributed by atoms with Crippen LogP contribution in [0.1, 0.15) is 10.6 Å². The summed E-state index contributed by atoms with van der Waals surface area (Å²) in [6, 6.07) is 12.3. The summed E-state index contributed by atoms with van der Waals surface area (Å²) in [4.78, 5) is 14.9. The molecule has 0 amide bonds. The molecule has 3 aromatic rings. The van der Waals surface area contributed by atoms with Gasteiger partial charge >= 0.3 is 5.69 Å². The maximum Gasteiger partial charge on any atom is 0.315 e. The lowest BCUT2D eigenvalue weighted by Crippen LogP contribution is -1.93. The SMILES string of the molecule is COc1cc(/C=C(\C#N)c2nc(-c3cccc(Br)c3)cs2)cc([N+](=O)[O-])c1O. The van der Waals surface area contributed by atoms with Gasteiger partial charge < -0.3 is 9.84 Å². The molecule has 9 heteroatoms. The van der Waals surface area contributed by atoms with Crippen LogP contribution < -0.4 is 4.74 Å². The highest BCUT2D eigenvalue weighted by molar-refractivity contribution is 9.10. The normalized spacial score (nSPS) is 11.1. The van der Waals surface area contributed by atoms with E-state index in [0.29, 0.717) is 10.6 Å². The predicted molar refractivity (Wildman–Crippen MR) is 110 cm³/mol. The Kier molecular flexibility index (Phi) is 5.73. The molecule has 0 aliphatic heterocycles. The predicted octanol–water partition coefficient (Wildman–Crippen LogP) is 5.26. The number of nitro benzene ring substituents is 1. The van der Waals surface area contributed by atoms with Crippen molar-refractivity contribution in [3.63, 3.8) is 0 Å². The van der Waals surface area contributed by atoms with E-state index in [9.17, 15) is 20.5 Å². The quantitative estimate of drug-likeness (QED) is 0.317. The molecular formula is C19H12BrN3O4S. The summed E-state index contributed by atoms with van der Waals surface area (Å²) in [7, 11) is 1.29. The first-order valence-electron chi connectivity index (χ1n) is 7.82. The molecule has 3 rings (SSSR count). The maximum absolute atomic E-state index is 11.1. The number of rotatable bonds is 5. The largest absolute Gasteiger partial charge is 0.500 e. The number of ether oxygens (including phenoxy) is 1. The second-order valence-corrected chi connectivity index (χ2v) is 7.34. The molecule has 0 bridgehead atoms.